The van der Waals surface area contributed by atoms with Crippen LogP contribution in [0.5, 0.6) is 0 Å². The number of carbonyl (C=O) groups is 1. The SMILES string of the molecule is O=C(Nc1cc(Br)ccc1F)N(CCCCO)C1CC1. The van der Waals surface area contributed by atoms with Gasteiger partial charge in [-0.1, -0.05) is 15.9 Å². The molecule has 110 valence electrons. The Hall–Kier alpha value is -1.14. The maximum Gasteiger partial charge on any atom is 0.322 e. The van der Waals surface area contributed by atoms with Gasteiger partial charge in [0.05, 0.1) is 5.69 Å². The number of urea groups is 1. The van der Waals surface area contributed by atoms with Gasteiger partial charge in [0.2, 0.25) is 0 Å². The smallest absolute Gasteiger partial charge is 0.322 e. The van der Waals surface area contributed by atoms with E-state index in [1.54, 1.807) is 17.0 Å². The molecule has 0 atom stereocenters. The second-order valence-corrected chi connectivity index (χ2v) is 5.83. The fourth-order valence-electron chi connectivity index (χ4n) is 2.01. The highest BCUT2D eigenvalue weighted by Crippen LogP contribution is 2.28. The van der Waals surface area contributed by atoms with E-state index in [1.165, 1.54) is 6.07 Å². The summed E-state index contributed by atoms with van der Waals surface area (Å²) in [6, 6.07) is 4.43. The second-order valence-electron chi connectivity index (χ2n) is 4.91. The Labute approximate surface area is 126 Å². The number of benzene rings is 1. The Bertz CT molecular complexity index is 480. The molecule has 0 unspecified atom stereocenters. The lowest BCUT2D eigenvalue weighted by atomic mass is 10.3. The number of nitrogens with one attached hydrogen (secondary N) is 1. The second kappa shape index (κ2) is 7.04. The van der Waals surface area contributed by atoms with Gasteiger partial charge in [-0.3, -0.25) is 0 Å². The summed E-state index contributed by atoms with van der Waals surface area (Å²) in [5.41, 5.74) is 0.178. The molecular formula is C14H18BrFN2O2. The summed E-state index contributed by atoms with van der Waals surface area (Å²) < 4.78 is 14.3. The van der Waals surface area contributed by atoms with Crippen LogP contribution in [0, 0.1) is 5.82 Å². The van der Waals surface area contributed by atoms with Crippen molar-refractivity contribution in [2.75, 3.05) is 18.5 Å². The van der Waals surface area contributed by atoms with Gasteiger partial charge in [-0.05, 0) is 43.9 Å². The number of nitrogens with zero attached hydrogens (tertiary/aromatic N) is 1. The molecule has 0 spiro atoms. The number of hydrogen-bond donors (Lipinski definition) is 2. The summed E-state index contributed by atoms with van der Waals surface area (Å²) in [5, 5.41) is 11.4. The van der Waals surface area contributed by atoms with Gasteiger partial charge < -0.3 is 15.3 Å². The zero-order valence-corrected chi connectivity index (χ0v) is 12.7. The van der Waals surface area contributed by atoms with Crippen molar-refractivity contribution in [3.05, 3.63) is 28.5 Å². The fraction of sp³-hybridized carbons (Fsp3) is 0.500. The average Bonchev–Trinajstić information content (AvgIpc) is 3.23. The predicted octanol–water partition coefficient (Wildman–Crippen LogP) is 3.36. The van der Waals surface area contributed by atoms with Crippen molar-refractivity contribution in [1.82, 2.24) is 4.90 Å². The van der Waals surface area contributed by atoms with Crippen LogP contribution in [0.25, 0.3) is 0 Å². The monoisotopic (exact) mass is 344 g/mol. The molecule has 0 saturated heterocycles. The van der Waals surface area contributed by atoms with Crippen molar-refractivity contribution >= 4 is 27.6 Å². The number of aliphatic hydroxyl groups is 1. The zero-order chi connectivity index (χ0) is 14.5. The highest BCUT2D eigenvalue weighted by Gasteiger charge is 2.32. The molecule has 2 amide bonds. The third-order valence-electron chi connectivity index (χ3n) is 3.23. The Morgan fingerprint density at radius 3 is 2.85 bits per heavy atom. The van der Waals surface area contributed by atoms with E-state index >= 15 is 0 Å². The first-order chi connectivity index (χ1) is 9.61. The van der Waals surface area contributed by atoms with Gasteiger partial charge in [0.1, 0.15) is 5.82 Å². The topological polar surface area (TPSA) is 52.6 Å². The lowest BCUT2D eigenvalue weighted by Crippen LogP contribution is -2.37. The molecular weight excluding hydrogens is 327 g/mol. The van der Waals surface area contributed by atoms with Crippen molar-refractivity contribution in [3.8, 4) is 0 Å². The molecule has 1 aliphatic carbocycles. The number of anilines is 1. The largest absolute Gasteiger partial charge is 0.396 e. The number of unbranched alkanes of at least 4 members (excludes halogenated alkanes) is 1. The van der Waals surface area contributed by atoms with Crippen LogP contribution in [-0.4, -0.2) is 35.2 Å². The first kappa shape index (κ1) is 15.3. The molecule has 1 fully saturated rings. The van der Waals surface area contributed by atoms with E-state index < -0.39 is 5.82 Å². The number of amides is 2. The van der Waals surface area contributed by atoms with Crippen molar-refractivity contribution in [3.63, 3.8) is 0 Å². The third kappa shape index (κ3) is 4.18. The van der Waals surface area contributed by atoms with E-state index in [0.29, 0.717) is 17.4 Å². The van der Waals surface area contributed by atoms with E-state index in [-0.39, 0.29) is 24.4 Å². The van der Waals surface area contributed by atoms with Gasteiger partial charge in [0, 0.05) is 23.7 Å². The number of carbonyl (C=O) groups excluding carboxylic acids is 1. The van der Waals surface area contributed by atoms with E-state index in [4.69, 9.17) is 5.11 Å². The first-order valence-electron chi connectivity index (χ1n) is 6.75. The van der Waals surface area contributed by atoms with Crippen molar-refractivity contribution < 1.29 is 14.3 Å². The number of halogens is 2. The average molecular weight is 345 g/mol. The quantitative estimate of drug-likeness (QED) is 0.777. The normalized spacial score (nSPS) is 14.2. The van der Waals surface area contributed by atoms with Gasteiger partial charge in [-0.15, -0.1) is 0 Å². The van der Waals surface area contributed by atoms with Crippen LogP contribution >= 0.6 is 15.9 Å². The third-order valence-corrected chi connectivity index (χ3v) is 3.72. The molecule has 4 nitrogen and oxygen atoms in total. The summed E-state index contributed by atoms with van der Waals surface area (Å²) >= 11 is 3.26. The van der Waals surface area contributed by atoms with Crippen molar-refractivity contribution in [2.24, 2.45) is 0 Å². The molecule has 1 saturated carbocycles. The number of aliphatic hydroxyl groups excluding tert-OH is 1. The fourth-order valence-corrected chi connectivity index (χ4v) is 2.37. The molecule has 0 bridgehead atoms. The highest BCUT2D eigenvalue weighted by atomic mass is 79.9. The van der Waals surface area contributed by atoms with Crippen LogP contribution in [0.2, 0.25) is 0 Å². The lowest BCUT2D eigenvalue weighted by Gasteiger charge is -2.23. The van der Waals surface area contributed by atoms with Crippen molar-refractivity contribution in [1.29, 1.82) is 0 Å². The van der Waals surface area contributed by atoms with Gasteiger partial charge in [-0.25, -0.2) is 9.18 Å². The van der Waals surface area contributed by atoms with Crippen LogP contribution in [0.15, 0.2) is 22.7 Å². The maximum absolute atomic E-state index is 13.6. The maximum atomic E-state index is 13.6. The van der Waals surface area contributed by atoms with E-state index in [2.05, 4.69) is 21.2 Å². The molecule has 2 N–H and O–H groups in total. The minimum Gasteiger partial charge on any atom is -0.396 e. The Kier molecular flexibility index (Phi) is 5.37. The van der Waals surface area contributed by atoms with Crippen molar-refractivity contribution in [2.45, 2.75) is 31.7 Å². The number of rotatable bonds is 6. The van der Waals surface area contributed by atoms with Gasteiger partial charge >= 0.3 is 6.03 Å². The van der Waals surface area contributed by atoms with E-state index in [1.807, 2.05) is 0 Å². The van der Waals surface area contributed by atoms with Gasteiger partial charge in [0.15, 0.2) is 0 Å². The van der Waals surface area contributed by atoms with Crippen LogP contribution in [-0.2, 0) is 0 Å². The van der Waals surface area contributed by atoms with Gasteiger partial charge in [0.25, 0.3) is 0 Å². The molecule has 0 aliphatic heterocycles. The predicted molar refractivity (Wildman–Crippen MR) is 79.2 cm³/mol. The molecule has 0 heterocycles. The molecule has 0 aromatic heterocycles. The summed E-state index contributed by atoms with van der Waals surface area (Å²) in [6.07, 6.45) is 3.41. The van der Waals surface area contributed by atoms with Crippen LogP contribution in [0.3, 0.4) is 0 Å². The molecule has 1 aliphatic rings. The Balaban J connectivity index is 1.98. The van der Waals surface area contributed by atoms with Crippen LogP contribution in [0.4, 0.5) is 14.9 Å². The minimum absolute atomic E-state index is 0.125. The summed E-state index contributed by atoms with van der Waals surface area (Å²) in [6.45, 7) is 0.715. The Morgan fingerprint density at radius 2 is 2.20 bits per heavy atom. The van der Waals surface area contributed by atoms with Crippen LogP contribution in [0.1, 0.15) is 25.7 Å². The molecule has 2 rings (SSSR count). The molecule has 6 heteroatoms. The van der Waals surface area contributed by atoms with E-state index in [0.717, 1.165) is 19.3 Å². The first-order valence-corrected chi connectivity index (χ1v) is 7.54. The summed E-state index contributed by atoms with van der Waals surface area (Å²) in [7, 11) is 0. The number of hydrogen-bond acceptors (Lipinski definition) is 2. The standard InChI is InChI=1S/C14H18BrFN2O2/c15-10-3-6-12(16)13(9-10)17-14(20)18(11-4-5-11)7-1-2-8-19/h3,6,9,11,19H,1-2,4-5,7-8H2,(H,17,20). The lowest BCUT2D eigenvalue weighted by molar-refractivity contribution is 0.204. The zero-order valence-electron chi connectivity index (χ0n) is 11.1. The molecule has 0 radical (unpaired) electrons. The summed E-state index contributed by atoms with van der Waals surface area (Å²) in [4.78, 5) is 14.0. The highest BCUT2D eigenvalue weighted by molar-refractivity contribution is 9.10. The Morgan fingerprint density at radius 1 is 1.45 bits per heavy atom. The van der Waals surface area contributed by atoms with E-state index in [9.17, 15) is 9.18 Å². The molecule has 20 heavy (non-hydrogen) atoms. The molecule has 1 aromatic rings. The summed E-state index contributed by atoms with van der Waals surface area (Å²) in [5.74, 6) is -0.451. The molecule has 1 aromatic carbocycles. The minimum atomic E-state index is -0.451. The van der Waals surface area contributed by atoms with Crippen LogP contribution < -0.4 is 5.32 Å². The van der Waals surface area contributed by atoms with Gasteiger partial charge in [-0.2, -0.15) is 0 Å².